The Balaban J connectivity index is 2.64. The fourth-order valence-corrected chi connectivity index (χ4v) is 1.99. The Labute approximate surface area is 106 Å². The average molecular weight is 299 g/mol. The predicted molar refractivity (Wildman–Crippen MR) is 64.6 cm³/mol. The summed E-state index contributed by atoms with van der Waals surface area (Å²) < 4.78 is 27.8. The van der Waals surface area contributed by atoms with Crippen LogP contribution in [0.3, 0.4) is 0 Å². The molecule has 88 valence electrons. The van der Waals surface area contributed by atoms with Crippen molar-refractivity contribution in [2.45, 2.75) is 13.8 Å². The molecule has 2 nitrogen and oxygen atoms in total. The van der Waals surface area contributed by atoms with E-state index in [1.807, 2.05) is 0 Å². The van der Waals surface area contributed by atoms with Crippen LogP contribution in [-0.2, 0) is 0 Å². The van der Waals surface area contributed by atoms with Crippen LogP contribution in [0, 0.1) is 25.5 Å². The SMILES string of the molecule is Cc1nc(Br)cc(-c2ccc(C)c(F)c2F)n1. The molecule has 0 atom stereocenters. The second-order valence-electron chi connectivity index (χ2n) is 3.68. The van der Waals surface area contributed by atoms with Gasteiger partial charge < -0.3 is 0 Å². The molecule has 0 bridgehead atoms. The van der Waals surface area contributed by atoms with E-state index < -0.39 is 11.6 Å². The predicted octanol–water partition coefficient (Wildman–Crippen LogP) is 3.80. The minimum absolute atomic E-state index is 0.138. The van der Waals surface area contributed by atoms with Crippen LogP contribution in [0.2, 0.25) is 0 Å². The lowest BCUT2D eigenvalue weighted by molar-refractivity contribution is 0.505. The molecule has 17 heavy (non-hydrogen) atoms. The quantitative estimate of drug-likeness (QED) is 0.748. The third-order valence-corrected chi connectivity index (χ3v) is 2.76. The van der Waals surface area contributed by atoms with Crippen LogP contribution >= 0.6 is 15.9 Å². The van der Waals surface area contributed by atoms with Gasteiger partial charge in [-0.25, -0.2) is 18.7 Å². The first-order chi connectivity index (χ1) is 7.99. The lowest BCUT2D eigenvalue weighted by Crippen LogP contribution is -1.97. The molecule has 1 aromatic carbocycles. The van der Waals surface area contributed by atoms with Gasteiger partial charge in [0.2, 0.25) is 0 Å². The molecule has 0 fully saturated rings. The monoisotopic (exact) mass is 298 g/mol. The van der Waals surface area contributed by atoms with Gasteiger partial charge in [0.1, 0.15) is 10.4 Å². The van der Waals surface area contributed by atoms with E-state index in [1.54, 1.807) is 13.0 Å². The normalized spacial score (nSPS) is 10.6. The van der Waals surface area contributed by atoms with E-state index in [2.05, 4.69) is 25.9 Å². The van der Waals surface area contributed by atoms with Gasteiger partial charge in [0, 0.05) is 5.56 Å². The summed E-state index contributed by atoms with van der Waals surface area (Å²) in [5.74, 6) is -1.22. The smallest absolute Gasteiger partial charge is 0.168 e. The minimum Gasteiger partial charge on any atom is -0.233 e. The summed E-state index contributed by atoms with van der Waals surface area (Å²) in [6.07, 6.45) is 0. The Kier molecular flexibility index (Phi) is 3.19. The van der Waals surface area contributed by atoms with Crippen LogP contribution in [0.1, 0.15) is 11.4 Å². The zero-order valence-corrected chi connectivity index (χ0v) is 10.8. The summed E-state index contributed by atoms with van der Waals surface area (Å²) in [4.78, 5) is 8.11. The molecule has 5 heteroatoms. The van der Waals surface area contributed by atoms with Gasteiger partial charge >= 0.3 is 0 Å². The van der Waals surface area contributed by atoms with Crippen molar-refractivity contribution in [1.29, 1.82) is 0 Å². The molecule has 2 rings (SSSR count). The summed E-state index contributed by atoms with van der Waals surface area (Å²) in [6.45, 7) is 3.21. The Morgan fingerprint density at radius 3 is 2.41 bits per heavy atom. The largest absolute Gasteiger partial charge is 0.233 e. The molecule has 0 amide bonds. The topological polar surface area (TPSA) is 25.8 Å². The molecule has 0 aliphatic rings. The number of aromatic nitrogens is 2. The number of aryl methyl sites for hydroxylation is 2. The molecule has 0 saturated carbocycles. The molecule has 1 heterocycles. The zero-order valence-electron chi connectivity index (χ0n) is 9.26. The van der Waals surface area contributed by atoms with Gasteiger partial charge in [0.15, 0.2) is 11.6 Å². The molecule has 0 radical (unpaired) electrons. The number of hydrogen-bond acceptors (Lipinski definition) is 2. The maximum absolute atomic E-state index is 13.8. The summed E-state index contributed by atoms with van der Waals surface area (Å²) in [7, 11) is 0. The molecule has 0 aliphatic heterocycles. The lowest BCUT2D eigenvalue weighted by atomic mass is 10.1. The minimum atomic E-state index is -0.880. The first-order valence-corrected chi connectivity index (χ1v) is 5.74. The fraction of sp³-hybridized carbons (Fsp3) is 0.167. The maximum atomic E-state index is 13.8. The molecular formula is C12H9BrF2N2. The van der Waals surface area contributed by atoms with Gasteiger partial charge in [0.05, 0.1) is 5.69 Å². The number of halogens is 3. The lowest BCUT2D eigenvalue weighted by Gasteiger charge is -2.06. The van der Waals surface area contributed by atoms with E-state index >= 15 is 0 Å². The standard InChI is InChI=1S/C12H9BrF2N2/c1-6-3-4-8(12(15)11(6)14)9-5-10(13)17-7(2)16-9/h3-5H,1-2H3. The zero-order chi connectivity index (χ0) is 12.6. The van der Waals surface area contributed by atoms with E-state index in [-0.39, 0.29) is 11.1 Å². The van der Waals surface area contributed by atoms with E-state index in [0.29, 0.717) is 16.1 Å². The van der Waals surface area contributed by atoms with Crippen molar-refractivity contribution in [3.63, 3.8) is 0 Å². The molecule has 0 aliphatic carbocycles. The van der Waals surface area contributed by atoms with E-state index in [1.165, 1.54) is 19.1 Å². The van der Waals surface area contributed by atoms with Gasteiger partial charge in [-0.15, -0.1) is 0 Å². The van der Waals surface area contributed by atoms with Crippen molar-refractivity contribution in [3.8, 4) is 11.3 Å². The van der Waals surface area contributed by atoms with Crippen molar-refractivity contribution in [2.75, 3.05) is 0 Å². The van der Waals surface area contributed by atoms with Crippen molar-refractivity contribution in [3.05, 3.63) is 45.8 Å². The fourth-order valence-electron chi connectivity index (χ4n) is 1.51. The van der Waals surface area contributed by atoms with Gasteiger partial charge in [-0.3, -0.25) is 0 Å². The third kappa shape index (κ3) is 2.34. The number of nitrogens with zero attached hydrogens (tertiary/aromatic N) is 2. The third-order valence-electron chi connectivity index (χ3n) is 2.36. The second-order valence-corrected chi connectivity index (χ2v) is 4.49. The van der Waals surface area contributed by atoms with Crippen molar-refractivity contribution < 1.29 is 8.78 Å². The van der Waals surface area contributed by atoms with Crippen molar-refractivity contribution in [2.24, 2.45) is 0 Å². The maximum Gasteiger partial charge on any atom is 0.168 e. The summed E-state index contributed by atoms with van der Waals surface area (Å²) in [6, 6.07) is 4.60. The Bertz CT molecular complexity index is 565. The van der Waals surface area contributed by atoms with Gasteiger partial charge in [0.25, 0.3) is 0 Å². The van der Waals surface area contributed by atoms with E-state index in [4.69, 9.17) is 0 Å². The molecule has 2 aromatic rings. The summed E-state index contributed by atoms with van der Waals surface area (Å²) in [5, 5.41) is 0. The summed E-state index contributed by atoms with van der Waals surface area (Å²) >= 11 is 3.20. The van der Waals surface area contributed by atoms with Gasteiger partial charge in [-0.05, 0) is 47.5 Å². The van der Waals surface area contributed by atoms with Gasteiger partial charge in [-0.1, -0.05) is 6.07 Å². The number of hydrogen-bond donors (Lipinski definition) is 0. The average Bonchev–Trinajstić information content (AvgIpc) is 2.24. The van der Waals surface area contributed by atoms with Crippen LogP contribution in [0.4, 0.5) is 8.78 Å². The molecule has 1 aromatic heterocycles. The second kappa shape index (κ2) is 4.49. The van der Waals surface area contributed by atoms with Crippen LogP contribution in [-0.4, -0.2) is 9.97 Å². The van der Waals surface area contributed by atoms with E-state index in [9.17, 15) is 8.78 Å². The van der Waals surface area contributed by atoms with Crippen LogP contribution in [0.5, 0.6) is 0 Å². The Morgan fingerprint density at radius 2 is 1.76 bits per heavy atom. The first-order valence-electron chi connectivity index (χ1n) is 4.95. The Hall–Kier alpha value is -1.36. The van der Waals surface area contributed by atoms with Crippen molar-refractivity contribution >= 4 is 15.9 Å². The summed E-state index contributed by atoms with van der Waals surface area (Å²) in [5.41, 5.74) is 0.774. The molecule has 0 unspecified atom stereocenters. The molecular weight excluding hydrogens is 290 g/mol. The van der Waals surface area contributed by atoms with Crippen LogP contribution in [0.15, 0.2) is 22.8 Å². The highest BCUT2D eigenvalue weighted by molar-refractivity contribution is 9.10. The Morgan fingerprint density at radius 1 is 1.06 bits per heavy atom. The van der Waals surface area contributed by atoms with Gasteiger partial charge in [-0.2, -0.15) is 0 Å². The highest BCUT2D eigenvalue weighted by Gasteiger charge is 2.14. The molecule has 0 spiro atoms. The molecule has 0 N–H and O–H groups in total. The van der Waals surface area contributed by atoms with Crippen molar-refractivity contribution in [1.82, 2.24) is 9.97 Å². The highest BCUT2D eigenvalue weighted by atomic mass is 79.9. The number of benzene rings is 1. The van der Waals surface area contributed by atoms with E-state index in [0.717, 1.165) is 0 Å². The van der Waals surface area contributed by atoms with Crippen LogP contribution < -0.4 is 0 Å². The first kappa shape index (κ1) is 12.1. The molecule has 0 saturated heterocycles. The number of rotatable bonds is 1. The highest BCUT2D eigenvalue weighted by Crippen LogP contribution is 2.26. The van der Waals surface area contributed by atoms with Crippen LogP contribution in [0.25, 0.3) is 11.3 Å².